The molecule has 6 heteroatoms. The van der Waals surface area contributed by atoms with E-state index in [1.54, 1.807) is 24.3 Å². The molecule has 0 saturated carbocycles. The Morgan fingerprint density at radius 3 is 1.94 bits per heavy atom. The van der Waals surface area contributed by atoms with Gasteiger partial charge in [0.05, 0.1) is 12.0 Å². The van der Waals surface area contributed by atoms with E-state index in [0.29, 0.717) is 11.1 Å². The van der Waals surface area contributed by atoms with Gasteiger partial charge >= 0.3 is 0 Å². The van der Waals surface area contributed by atoms with Crippen molar-refractivity contribution in [1.29, 1.82) is 0 Å². The van der Waals surface area contributed by atoms with E-state index in [-0.39, 0.29) is 16.7 Å². The fourth-order valence-corrected chi connectivity index (χ4v) is 6.33. The Bertz CT molecular complexity index is 1250. The summed E-state index contributed by atoms with van der Waals surface area (Å²) in [5.41, 5.74) is 1.67. The second-order valence-corrected chi connectivity index (χ2v) is 8.81. The van der Waals surface area contributed by atoms with Crippen LogP contribution in [0.25, 0.3) is 0 Å². The molecule has 3 aromatic carbocycles. The van der Waals surface area contributed by atoms with Gasteiger partial charge in [-0.05, 0) is 23.6 Å². The number of carbonyl (C=O) groups is 2. The van der Waals surface area contributed by atoms with Crippen molar-refractivity contribution in [3.8, 4) is 0 Å². The van der Waals surface area contributed by atoms with E-state index in [9.17, 15) is 19.7 Å². The Labute approximate surface area is 184 Å². The molecule has 158 valence electrons. The molecule has 32 heavy (non-hydrogen) atoms. The van der Waals surface area contributed by atoms with Crippen LogP contribution in [0.2, 0.25) is 0 Å². The molecule has 1 aliphatic heterocycles. The zero-order valence-electron chi connectivity index (χ0n) is 17.3. The average Bonchev–Trinajstić information content (AvgIpc) is 3.09. The molecule has 6 nitrogen and oxygen atoms in total. The highest BCUT2D eigenvalue weighted by Gasteiger charge is 2.75. The van der Waals surface area contributed by atoms with Gasteiger partial charge in [0.2, 0.25) is 11.8 Å². The van der Waals surface area contributed by atoms with E-state index >= 15 is 0 Å². The summed E-state index contributed by atoms with van der Waals surface area (Å²) in [6.07, 6.45) is 0. The van der Waals surface area contributed by atoms with Gasteiger partial charge in [-0.3, -0.25) is 24.6 Å². The molecule has 1 heterocycles. The van der Waals surface area contributed by atoms with Crippen molar-refractivity contribution in [2.75, 3.05) is 0 Å². The molecule has 0 unspecified atom stereocenters. The smallest absolute Gasteiger partial charge is 0.274 e. The minimum Gasteiger partial charge on any atom is -0.274 e. The van der Waals surface area contributed by atoms with Crippen LogP contribution in [0.3, 0.4) is 0 Å². The summed E-state index contributed by atoms with van der Waals surface area (Å²) in [6, 6.07) is 23.3. The van der Waals surface area contributed by atoms with Crippen molar-refractivity contribution >= 4 is 11.8 Å². The molecule has 0 radical (unpaired) electrons. The minimum absolute atomic E-state index is 0.323. The van der Waals surface area contributed by atoms with E-state index in [1.165, 1.54) is 4.90 Å². The third-order valence-electron chi connectivity index (χ3n) is 7.56. The predicted octanol–water partition coefficient (Wildman–Crippen LogP) is 4.03. The molecule has 0 N–H and O–H groups in total. The molecule has 3 aromatic rings. The molecule has 7 rings (SSSR count). The van der Waals surface area contributed by atoms with E-state index < -0.39 is 29.3 Å². The van der Waals surface area contributed by atoms with Crippen molar-refractivity contribution in [2.45, 2.75) is 24.4 Å². The quantitative estimate of drug-likeness (QED) is 0.361. The normalized spacial score (nSPS) is 28.2. The van der Waals surface area contributed by atoms with Crippen LogP contribution in [-0.2, 0) is 15.1 Å². The van der Waals surface area contributed by atoms with E-state index in [2.05, 4.69) is 0 Å². The Morgan fingerprint density at radius 2 is 1.38 bits per heavy atom. The minimum atomic E-state index is -1.77. The maximum absolute atomic E-state index is 13.9. The summed E-state index contributed by atoms with van der Waals surface area (Å²) in [4.78, 5) is 41.6. The van der Waals surface area contributed by atoms with Gasteiger partial charge in [0.1, 0.15) is 5.92 Å². The molecule has 2 amide bonds. The van der Waals surface area contributed by atoms with Gasteiger partial charge in [-0.2, -0.15) is 0 Å². The fourth-order valence-electron chi connectivity index (χ4n) is 6.33. The third kappa shape index (κ3) is 2.04. The summed E-state index contributed by atoms with van der Waals surface area (Å²) < 4.78 is 0. The number of hydrogen-bond acceptors (Lipinski definition) is 4. The molecule has 1 fully saturated rings. The zero-order chi connectivity index (χ0) is 22.2. The Hall–Kier alpha value is -3.80. The van der Waals surface area contributed by atoms with Crippen LogP contribution in [0.15, 0.2) is 78.9 Å². The second-order valence-electron chi connectivity index (χ2n) is 8.81. The first-order valence-electron chi connectivity index (χ1n) is 10.7. The standard InChI is InChI=1S/C26H20N2O4/c1-15(16-9-3-2-4-10-16)27-24(29)22-21-17-11-5-7-13-19(17)26(28(31)32,23(22)25(27)30)20-14-8-6-12-18(20)21/h2-15,21-23H,1H3/t15-,21?,22-,23-,26?/m1/s1. The Balaban J connectivity index is 1.62. The highest BCUT2D eigenvalue weighted by atomic mass is 16.6. The number of imide groups is 1. The molecule has 4 aliphatic rings. The monoisotopic (exact) mass is 424 g/mol. The van der Waals surface area contributed by atoms with Gasteiger partial charge < -0.3 is 0 Å². The predicted molar refractivity (Wildman–Crippen MR) is 116 cm³/mol. The maximum Gasteiger partial charge on any atom is 0.284 e. The van der Waals surface area contributed by atoms with Gasteiger partial charge in [-0.25, -0.2) is 0 Å². The maximum atomic E-state index is 13.9. The highest BCUT2D eigenvalue weighted by molar-refractivity contribution is 6.08. The van der Waals surface area contributed by atoms with Crippen LogP contribution < -0.4 is 0 Å². The SMILES string of the molecule is C[C@H](c1ccccc1)N1C(=O)[C@@H]2C3c4ccccc4C([N+](=O)[O-])(c4ccccc43)[C@H]2C1=O. The van der Waals surface area contributed by atoms with E-state index in [0.717, 1.165) is 16.7 Å². The molecule has 0 spiro atoms. The van der Waals surface area contributed by atoms with Crippen molar-refractivity contribution in [3.05, 3.63) is 117 Å². The summed E-state index contributed by atoms with van der Waals surface area (Å²) in [6.45, 7) is 1.81. The number of likely N-dealkylation sites (tertiary alicyclic amines) is 1. The molecule has 3 atom stereocenters. The third-order valence-corrected chi connectivity index (χ3v) is 7.56. The van der Waals surface area contributed by atoms with Crippen LogP contribution >= 0.6 is 0 Å². The lowest BCUT2D eigenvalue weighted by atomic mass is 9.51. The van der Waals surface area contributed by atoms with Crippen LogP contribution in [-0.4, -0.2) is 21.6 Å². The van der Waals surface area contributed by atoms with Crippen LogP contribution in [0.1, 0.15) is 46.7 Å². The fraction of sp³-hybridized carbons (Fsp3) is 0.231. The number of carbonyl (C=O) groups excluding carboxylic acids is 2. The molecule has 3 aliphatic carbocycles. The summed E-state index contributed by atoms with van der Waals surface area (Å²) in [5.74, 6) is -3.01. The zero-order valence-corrected chi connectivity index (χ0v) is 17.3. The van der Waals surface area contributed by atoms with Crippen LogP contribution in [0, 0.1) is 22.0 Å². The molecule has 2 bridgehead atoms. The van der Waals surface area contributed by atoms with Gasteiger partial charge in [-0.15, -0.1) is 0 Å². The molecular weight excluding hydrogens is 404 g/mol. The number of benzene rings is 3. The lowest BCUT2D eigenvalue weighted by molar-refractivity contribution is -0.578. The van der Waals surface area contributed by atoms with Crippen LogP contribution in [0.4, 0.5) is 0 Å². The first-order valence-corrected chi connectivity index (χ1v) is 10.7. The lowest BCUT2D eigenvalue weighted by Gasteiger charge is -2.48. The summed E-state index contributed by atoms with van der Waals surface area (Å²) >= 11 is 0. The number of nitrogens with zero attached hydrogens (tertiary/aromatic N) is 2. The number of rotatable bonds is 3. The number of nitro groups is 1. The lowest BCUT2D eigenvalue weighted by Crippen LogP contribution is -2.57. The van der Waals surface area contributed by atoms with E-state index in [4.69, 9.17) is 0 Å². The van der Waals surface area contributed by atoms with Crippen molar-refractivity contribution in [3.63, 3.8) is 0 Å². The Kier molecular flexibility index (Phi) is 3.76. The van der Waals surface area contributed by atoms with Gasteiger partial charge in [-0.1, -0.05) is 78.9 Å². The van der Waals surface area contributed by atoms with Crippen molar-refractivity contribution in [1.82, 2.24) is 4.90 Å². The highest BCUT2D eigenvalue weighted by Crippen LogP contribution is 2.64. The van der Waals surface area contributed by atoms with Crippen LogP contribution in [0.5, 0.6) is 0 Å². The Morgan fingerprint density at radius 1 is 0.844 bits per heavy atom. The topological polar surface area (TPSA) is 80.5 Å². The first kappa shape index (κ1) is 18.9. The summed E-state index contributed by atoms with van der Waals surface area (Å²) in [7, 11) is 0. The number of amides is 2. The van der Waals surface area contributed by atoms with Gasteiger partial charge in [0, 0.05) is 22.0 Å². The summed E-state index contributed by atoms with van der Waals surface area (Å²) in [5, 5.41) is 12.9. The number of hydrogen-bond donors (Lipinski definition) is 0. The molecular formula is C26H20N2O4. The largest absolute Gasteiger partial charge is 0.284 e. The van der Waals surface area contributed by atoms with Gasteiger partial charge in [0.25, 0.3) is 5.54 Å². The van der Waals surface area contributed by atoms with Crippen molar-refractivity contribution in [2.24, 2.45) is 11.8 Å². The van der Waals surface area contributed by atoms with Gasteiger partial charge in [0.15, 0.2) is 0 Å². The first-order chi connectivity index (χ1) is 15.5. The average molecular weight is 424 g/mol. The van der Waals surface area contributed by atoms with Crippen molar-refractivity contribution < 1.29 is 14.5 Å². The second kappa shape index (κ2) is 6.36. The molecule has 1 saturated heterocycles. The van der Waals surface area contributed by atoms with E-state index in [1.807, 2.05) is 61.5 Å². The molecule has 0 aromatic heterocycles.